The Morgan fingerprint density at radius 3 is 2.28 bits per heavy atom. The molecule has 1 atom stereocenters. The molecule has 46 heavy (non-hydrogen) atoms. The first-order chi connectivity index (χ1) is 21.9. The number of hydrogen-bond donors (Lipinski definition) is 2. The predicted octanol–water partition coefficient (Wildman–Crippen LogP) is 9.26. The van der Waals surface area contributed by atoms with Gasteiger partial charge in [0.15, 0.2) is 0 Å². The maximum atomic E-state index is 13.1. The van der Waals surface area contributed by atoms with E-state index in [0.29, 0.717) is 31.2 Å². The summed E-state index contributed by atoms with van der Waals surface area (Å²) in [5, 5.41) is 6.59. The number of benzene rings is 3. The van der Waals surface area contributed by atoms with Crippen LogP contribution in [0, 0.1) is 5.92 Å². The minimum atomic E-state index is -0.227. The van der Waals surface area contributed by atoms with E-state index >= 15 is 0 Å². The van der Waals surface area contributed by atoms with Gasteiger partial charge in [0.2, 0.25) is 0 Å². The zero-order valence-electron chi connectivity index (χ0n) is 29.3. The first kappa shape index (κ1) is 35.1. The number of anilines is 1. The summed E-state index contributed by atoms with van der Waals surface area (Å²) in [6, 6.07) is 22.0. The van der Waals surface area contributed by atoms with Gasteiger partial charge in [-0.05, 0) is 90.8 Å². The van der Waals surface area contributed by atoms with Gasteiger partial charge in [-0.15, -0.1) is 0 Å². The lowest BCUT2D eigenvalue weighted by Crippen LogP contribution is -2.33. The maximum Gasteiger partial charge on any atom is 0.256 e. The van der Waals surface area contributed by atoms with Crippen LogP contribution in [0.2, 0.25) is 0 Å². The van der Waals surface area contributed by atoms with Crippen LogP contribution in [0.25, 0.3) is 0 Å². The summed E-state index contributed by atoms with van der Waals surface area (Å²) in [6.45, 7) is 19.9. The van der Waals surface area contributed by atoms with Crippen molar-refractivity contribution < 1.29 is 14.3 Å². The second kappa shape index (κ2) is 15.2. The molecule has 6 heteroatoms. The molecule has 2 N–H and O–H groups in total. The third-order valence-corrected chi connectivity index (χ3v) is 9.83. The zero-order valence-corrected chi connectivity index (χ0v) is 29.3. The first-order valence-electron chi connectivity index (χ1n) is 17.2. The predicted molar refractivity (Wildman–Crippen MR) is 190 cm³/mol. The number of nitrogens with zero attached hydrogens (tertiary/aromatic N) is 1. The summed E-state index contributed by atoms with van der Waals surface area (Å²) < 4.78 is 6.30. The third kappa shape index (κ3) is 8.31. The Morgan fingerprint density at radius 1 is 0.913 bits per heavy atom. The van der Waals surface area contributed by atoms with Crippen molar-refractivity contribution in [2.45, 2.75) is 104 Å². The molecule has 1 aliphatic rings. The largest absolute Gasteiger partial charge is 0.493 e. The number of unbranched alkanes of at least 4 members (excludes halogenated alkanes) is 1. The van der Waals surface area contributed by atoms with Crippen LogP contribution >= 0.6 is 0 Å². The Labute approximate surface area is 277 Å². The normalized spacial score (nSPS) is 14.8. The van der Waals surface area contributed by atoms with Crippen molar-refractivity contribution in [2.24, 2.45) is 5.92 Å². The molecule has 2 amide bonds. The molecule has 1 heterocycles. The highest BCUT2D eigenvalue weighted by molar-refractivity contribution is 5.99. The van der Waals surface area contributed by atoms with Crippen molar-refractivity contribution in [3.63, 3.8) is 0 Å². The van der Waals surface area contributed by atoms with E-state index in [1.54, 1.807) is 0 Å². The monoisotopic (exact) mass is 625 g/mol. The van der Waals surface area contributed by atoms with Crippen LogP contribution in [0.1, 0.15) is 131 Å². The Bertz CT molecular complexity index is 1480. The molecular weight excluding hydrogens is 570 g/mol. The Kier molecular flexibility index (Phi) is 11.6. The number of hydrogen-bond acceptors (Lipinski definition) is 4. The van der Waals surface area contributed by atoms with E-state index in [2.05, 4.69) is 84.2 Å². The molecule has 0 radical (unpaired) electrons. The summed E-state index contributed by atoms with van der Waals surface area (Å²) in [5.41, 5.74) is 6.01. The molecule has 0 saturated heterocycles. The second-order valence-electron chi connectivity index (χ2n) is 14.4. The molecular formula is C40H55N3O3. The Morgan fingerprint density at radius 2 is 1.61 bits per heavy atom. The van der Waals surface area contributed by atoms with Crippen molar-refractivity contribution in [3.05, 3.63) is 94.5 Å². The smallest absolute Gasteiger partial charge is 0.256 e. The van der Waals surface area contributed by atoms with Gasteiger partial charge in [-0.3, -0.25) is 9.59 Å². The fourth-order valence-electron chi connectivity index (χ4n) is 5.74. The van der Waals surface area contributed by atoms with Crippen LogP contribution in [0.4, 0.5) is 5.69 Å². The number of fused-ring (bicyclic) bond motifs is 1. The standard InChI is InChI=1S/C40H55N3O3/c1-9-39(5,6)30-19-22-35(34(27-30)40(7,8)10-2)46-26-14-13-24-41-37(44)29-17-20-31(21-18-29)42-36-32-15-11-12-16-33(32)38(45)43(36)25-23-28(3)4/h11-12,15-22,27-28,36,42H,9-10,13-14,23-26H2,1-8H3,(H,41,44). The molecule has 6 nitrogen and oxygen atoms in total. The van der Waals surface area contributed by atoms with Gasteiger partial charge in [0.25, 0.3) is 11.8 Å². The van der Waals surface area contributed by atoms with Gasteiger partial charge in [-0.2, -0.15) is 0 Å². The van der Waals surface area contributed by atoms with E-state index in [1.165, 1.54) is 11.1 Å². The van der Waals surface area contributed by atoms with Crippen LogP contribution < -0.4 is 15.4 Å². The van der Waals surface area contributed by atoms with Crippen molar-refractivity contribution in [3.8, 4) is 5.75 Å². The fraction of sp³-hybridized carbons (Fsp3) is 0.500. The number of nitrogens with one attached hydrogen (secondary N) is 2. The first-order valence-corrected chi connectivity index (χ1v) is 17.2. The van der Waals surface area contributed by atoms with Gasteiger partial charge in [-0.1, -0.05) is 85.7 Å². The lowest BCUT2D eigenvalue weighted by molar-refractivity contribution is 0.0734. The third-order valence-electron chi connectivity index (χ3n) is 9.83. The highest BCUT2D eigenvalue weighted by atomic mass is 16.5. The molecule has 0 saturated carbocycles. The highest BCUT2D eigenvalue weighted by Crippen LogP contribution is 2.39. The van der Waals surface area contributed by atoms with Gasteiger partial charge in [0.05, 0.1) is 6.61 Å². The number of carbonyl (C=O) groups is 2. The van der Waals surface area contributed by atoms with Gasteiger partial charge >= 0.3 is 0 Å². The van der Waals surface area contributed by atoms with E-state index in [-0.39, 0.29) is 28.8 Å². The summed E-state index contributed by atoms with van der Waals surface area (Å²) in [4.78, 5) is 27.9. The van der Waals surface area contributed by atoms with Gasteiger partial charge in [0, 0.05) is 41.0 Å². The average molecular weight is 626 g/mol. The molecule has 248 valence electrons. The maximum absolute atomic E-state index is 13.1. The number of rotatable bonds is 16. The van der Waals surface area contributed by atoms with Crippen LogP contribution in [-0.2, 0) is 10.8 Å². The molecule has 1 aliphatic heterocycles. The molecule has 0 aromatic heterocycles. The molecule has 1 unspecified atom stereocenters. The fourth-order valence-corrected chi connectivity index (χ4v) is 5.74. The topological polar surface area (TPSA) is 70.7 Å². The Balaban J connectivity index is 1.28. The molecule has 0 bridgehead atoms. The van der Waals surface area contributed by atoms with E-state index < -0.39 is 0 Å². The van der Waals surface area contributed by atoms with Crippen molar-refractivity contribution in [2.75, 3.05) is 25.0 Å². The quantitative estimate of drug-likeness (QED) is 0.156. The molecule has 0 spiro atoms. The number of carbonyl (C=O) groups excluding carboxylic acids is 2. The molecule has 3 aromatic rings. The van der Waals surface area contributed by atoms with Gasteiger partial charge < -0.3 is 20.3 Å². The van der Waals surface area contributed by atoms with Crippen LogP contribution in [0.15, 0.2) is 66.7 Å². The average Bonchev–Trinajstić information content (AvgIpc) is 3.31. The van der Waals surface area contributed by atoms with Gasteiger partial charge in [-0.25, -0.2) is 0 Å². The molecule has 0 aliphatic carbocycles. The minimum Gasteiger partial charge on any atom is -0.493 e. The van der Waals surface area contributed by atoms with Crippen molar-refractivity contribution >= 4 is 17.5 Å². The lowest BCUT2D eigenvalue weighted by Gasteiger charge is -2.30. The van der Waals surface area contributed by atoms with Crippen LogP contribution in [0.5, 0.6) is 5.75 Å². The van der Waals surface area contributed by atoms with Gasteiger partial charge in [0.1, 0.15) is 11.9 Å². The van der Waals surface area contributed by atoms with Crippen molar-refractivity contribution in [1.82, 2.24) is 10.2 Å². The Hall–Kier alpha value is -3.80. The SMILES string of the molecule is CCC(C)(C)c1ccc(OCCCCNC(=O)c2ccc(NC3c4ccccc4C(=O)N3CCC(C)C)cc2)c(C(C)(C)CC)c1. The highest BCUT2D eigenvalue weighted by Gasteiger charge is 2.36. The van der Waals surface area contributed by atoms with Crippen molar-refractivity contribution in [1.29, 1.82) is 0 Å². The second-order valence-corrected chi connectivity index (χ2v) is 14.4. The van der Waals surface area contributed by atoms with E-state index in [1.807, 2.05) is 53.4 Å². The summed E-state index contributed by atoms with van der Waals surface area (Å²) in [5.74, 6) is 1.45. The van der Waals surface area contributed by atoms with E-state index in [0.717, 1.165) is 54.7 Å². The number of amides is 2. The van der Waals surface area contributed by atoms with Crippen LogP contribution in [-0.4, -0.2) is 36.4 Å². The summed E-state index contributed by atoms with van der Waals surface area (Å²) in [7, 11) is 0. The molecule has 0 fully saturated rings. The molecule has 3 aromatic carbocycles. The number of ether oxygens (including phenoxy) is 1. The van der Waals surface area contributed by atoms with E-state index in [9.17, 15) is 9.59 Å². The van der Waals surface area contributed by atoms with E-state index in [4.69, 9.17) is 4.74 Å². The minimum absolute atomic E-state index is 0.0281. The zero-order chi connectivity index (χ0) is 33.5. The van der Waals surface area contributed by atoms with Crippen LogP contribution in [0.3, 0.4) is 0 Å². The summed E-state index contributed by atoms with van der Waals surface area (Å²) >= 11 is 0. The molecule has 4 rings (SSSR count). The summed E-state index contributed by atoms with van der Waals surface area (Å²) in [6.07, 6.45) is 4.52. The lowest BCUT2D eigenvalue weighted by atomic mass is 9.76.